The van der Waals surface area contributed by atoms with Gasteiger partial charge in [0.25, 0.3) is 17.4 Å². The van der Waals surface area contributed by atoms with E-state index in [2.05, 4.69) is 0 Å². The first-order valence-corrected chi connectivity index (χ1v) is 9.09. The van der Waals surface area contributed by atoms with Gasteiger partial charge in [-0.25, -0.2) is 0 Å². The molecule has 9 nitrogen and oxygen atoms in total. The number of hydrogen-bond acceptors (Lipinski definition) is 6. The summed E-state index contributed by atoms with van der Waals surface area (Å²) in [6.45, 7) is -0.315. The number of carboxylic acid groups (broad SMARTS) is 1. The van der Waals surface area contributed by atoms with Crippen molar-refractivity contribution in [2.24, 2.45) is 0 Å². The number of hydrogen-bond donors (Lipinski definition) is 2. The van der Waals surface area contributed by atoms with Crippen LogP contribution in [0.4, 0.5) is 5.69 Å². The lowest BCUT2D eigenvalue weighted by Gasteiger charge is -2.24. The Kier molecular flexibility index (Phi) is 5.84. The highest BCUT2D eigenvalue weighted by molar-refractivity contribution is 6.46. The van der Waals surface area contributed by atoms with E-state index < -0.39 is 40.8 Å². The molecule has 10 heteroatoms. The standard InChI is InChI=1S/C20H15ClN2O7/c21-13-6-4-11(5-7-13)18(26)16-17(12-2-1-3-14(10-12)23(29)30)22(9-8-15(24)25)20(28)19(16)27/h1-7,10,17,26H,8-9H2,(H,24,25). The van der Waals surface area contributed by atoms with Crippen LogP contribution in [0.15, 0.2) is 54.1 Å². The molecule has 1 unspecified atom stereocenters. The third-order valence-corrected chi connectivity index (χ3v) is 4.87. The van der Waals surface area contributed by atoms with Crippen LogP contribution in [-0.2, 0) is 14.4 Å². The number of ketones is 1. The molecule has 0 saturated carbocycles. The fraction of sp³-hybridized carbons (Fsp3) is 0.150. The van der Waals surface area contributed by atoms with E-state index in [1.807, 2.05) is 0 Å². The van der Waals surface area contributed by atoms with Gasteiger partial charge in [0.05, 0.1) is 23.0 Å². The molecule has 3 rings (SSSR count). The average molecular weight is 431 g/mol. The molecule has 0 radical (unpaired) electrons. The fourth-order valence-corrected chi connectivity index (χ4v) is 3.37. The fourth-order valence-electron chi connectivity index (χ4n) is 3.24. The van der Waals surface area contributed by atoms with Crippen molar-refractivity contribution in [2.75, 3.05) is 6.54 Å². The summed E-state index contributed by atoms with van der Waals surface area (Å²) in [5.41, 5.74) is -0.147. The van der Waals surface area contributed by atoms with E-state index in [1.165, 1.54) is 48.5 Å². The first kappa shape index (κ1) is 21.0. The van der Waals surface area contributed by atoms with Crippen molar-refractivity contribution in [1.29, 1.82) is 0 Å². The van der Waals surface area contributed by atoms with Crippen LogP contribution in [0, 0.1) is 10.1 Å². The summed E-state index contributed by atoms with van der Waals surface area (Å²) < 4.78 is 0. The Labute approximate surface area is 175 Å². The number of carboxylic acids is 1. The molecule has 0 aliphatic carbocycles. The second-order valence-electron chi connectivity index (χ2n) is 6.50. The van der Waals surface area contributed by atoms with Gasteiger partial charge in [-0.05, 0) is 29.8 Å². The minimum atomic E-state index is -1.19. The first-order chi connectivity index (χ1) is 14.2. The minimum absolute atomic E-state index is 0.198. The molecule has 2 aromatic rings. The Hall–Kier alpha value is -3.72. The Morgan fingerprint density at radius 1 is 1.13 bits per heavy atom. The molecule has 0 spiro atoms. The molecule has 154 valence electrons. The summed E-state index contributed by atoms with van der Waals surface area (Å²) in [5.74, 6) is -3.68. The molecule has 1 amide bonds. The molecule has 30 heavy (non-hydrogen) atoms. The highest BCUT2D eigenvalue weighted by Gasteiger charge is 2.46. The normalized spacial score (nSPS) is 17.9. The molecule has 1 saturated heterocycles. The third-order valence-electron chi connectivity index (χ3n) is 4.62. The van der Waals surface area contributed by atoms with Crippen LogP contribution in [0.25, 0.3) is 5.76 Å². The van der Waals surface area contributed by atoms with E-state index in [0.717, 1.165) is 4.90 Å². The number of carbonyl (C=O) groups excluding carboxylic acids is 2. The summed E-state index contributed by atoms with van der Waals surface area (Å²) in [6.07, 6.45) is -0.445. The number of aliphatic hydroxyl groups excluding tert-OH is 1. The number of nitrogens with zero attached hydrogens (tertiary/aromatic N) is 2. The van der Waals surface area contributed by atoms with Gasteiger partial charge in [-0.1, -0.05) is 23.7 Å². The van der Waals surface area contributed by atoms with E-state index >= 15 is 0 Å². The van der Waals surface area contributed by atoms with E-state index in [-0.39, 0.29) is 28.9 Å². The highest BCUT2D eigenvalue weighted by atomic mass is 35.5. The van der Waals surface area contributed by atoms with Crippen molar-refractivity contribution in [2.45, 2.75) is 12.5 Å². The molecule has 0 bridgehead atoms. The van der Waals surface area contributed by atoms with E-state index in [4.69, 9.17) is 16.7 Å². The predicted octanol–water partition coefficient (Wildman–Crippen LogP) is 3.14. The van der Waals surface area contributed by atoms with Crippen LogP contribution in [0.2, 0.25) is 5.02 Å². The number of nitro benzene ring substituents is 1. The van der Waals surface area contributed by atoms with Crippen molar-refractivity contribution < 1.29 is 29.5 Å². The van der Waals surface area contributed by atoms with Crippen molar-refractivity contribution in [1.82, 2.24) is 4.90 Å². The van der Waals surface area contributed by atoms with Crippen LogP contribution in [-0.4, -0.2) is 44.2 Å². The second kappa shape index (κ2) is 8.34. The van der Waals surface area contributed by atoms with Gasteiger partial charge >= 0.3 is 5.97 Å². The minimum Gasteiger partial charge on any atom is -0.507 e. The molecule has 1 heterocycles. The number of nitro groups is 1. The van der Waals surface area contributed by atoms with Gasteiger partial charge in [0.15, 0.2) is 0 Å². The largest absolute Gasteiger partial charge is 0.507 e. The van der Waals surface area contributed by atoms with Gasteiger partial charge in [0.1, 0.15) is 5.76 Å². The van der Waals surface area contributed by atoms with Gasteiger partial charge in [-0.3, -0.25) is 24.5 Å². The third kappa shape index (κ3) is 4.01. The van der Waals surface area contributed by atoms with Crippen molar-refractivity contribution >= 4 is 40.7 Å². The highest BCUT2D eigenvalue weighted by Crippen LogP contribution is 2.40. The Morgan fingerprint density at radius 2 is 1.80 bits per heavy atom. The number of carbonyl (C=O) groups is 3. The maximum atomic E-state index is 12.7. The smallest absolute Gasteiger partial charge is 0.305 e. The molecule has 1 atom stereocenters. The van der Waals surface area contributed by atoms with Crippen LogP contribution in [0.1, 0.15) is 23.6 Å². The summed E-state index contributed by atoms with van der Waals surface area (Å²) in [6, 6.07) is 9.96. The maximum Gasteiger partial charge on any atom is 0.305 e. The summed E-state index contributed by atoms with van der Waals surface area (Å²) >= 11 is 5.85. The number of aliphatic hydroxyl groups is 1. The Morgan fingerprint density at radius 3 is 2.40 bits per heavy atom. The van der Waals surface area contributed by atoms with Gasteiger partial charge in [0, 0.05) is 29.3 Å². The summed E-state index contributed by atoms with van der Waals surface area (Å²) in [4.78, 5) is 47.9. The van der Waals surface area contributed by atoms with Crippen LogP contribution < -0.4 is 0 Å². The Bertz CT molecular complexity index is 1080. The molecular weight excluding hydrogens is 416 g/mol. The molecule has 2 N–H and O–H groups in total. The number of Topliss-reactive ketones (excluding diaryl/α,β-unsaturated/α-hetero) is 1. The lowest BCUT2D eigenvalue weighted by atomic mass is 9.95. The molecular formula is C20H15ClN2O7. The van der Waals surface area contributed by atoms with E-state index in [9.17, 15) is 29.6 Å². The number of rotatable bonds is 6. The first-order valence-electron chi connectivity index (χ1n) is 8.71. The zero-order valence-corrected chi connectivity index (χ0v) is 16.1. The Balaban J connectivity index is 2.19. The number of aliphatic carboxylic acids is 1. The maximum absolute atomic E-state index is 12.7. The number of likely N-dealkylation sites (tertiary alicyclic amines) is 1. The lowest BCUT2D eigenvalue weighted by molar-refractivity contribution is -0.384. The number of amides is 1. The molecule has 1 aliphatic heterocycles. The van der Waals surface area contributed by atoms with Crippen LogP contribution in [0.5, 0.6) is 0 Å². The SMILES string of the molecule is O=C(O)CCN1C(=O)C(=O)C(=C(O)c2ccc(Cl)cc2)C1c1cccc([N+](=O)[O-])c1. The summed E-state index contributed by atoms with van der Waals surface area (Å²) in [7, 11) is 0. The van der Waals surface area contributed by atoms with Gasteiger partial charge in [0.2, 0.25) is 0 Å². The van der Waals surface area contributed by atoms with Crippen LogP contribution >= 0.6 is 11.6 Å². The summed E-state index contributed by atoms with van der Waals surface area (Å²) in [5, 5.41) is 31.3. The topological polar surface area (TPSA) is 138 Å². The molecule has 2 aromatic carbocycles. The molecule has 0 aromatic heterocycles. The van der Waals surface area contributed by atoms with Crippen molar-refractivity contribution in [3.63, 3.8) is 0 Å². The quantitative estimate of drug-likeness (QED) is 0.236. The predicted molar refractivity (Wildman–Crippen MR) is 106 cm³/mol. The monoisotopic (exact) mass is 430 g/mol. The van der Waals surface area contributed by atoms with E-state index in [0.29, 0.717) is 5.02 Å². The van der Waals surface area contributed by atoms with Gasteiger partial charge in [-0.15, -0.1) is 0 Å². The second-order valence-corrected chi connectivity index (χ2v) is 6.93. The van der Waals surface area contributed by atoms with Crippen molar-refractivity contribution in [3.05, 3.63) is 80.4 Å². The zero-order chi connectivity index (χ0) is 22.0. The lowest BCUT2D eigenvalue weighted by Crippen LogP contribution is -2.31. The zero-order valence-electron chi connectivity index (χ0n) is 15.3. The van der Waals surface area contributed by atoms with Crippen LogP contribution in [0.3, 0.4) is 0 Å². The van der Waals surface area contributed by atoms with Crippen molar-refractivity contribution in [3.8, 4) is 0 Å². The van der Waals surface area contributed by atoms with Gasteiger partial charge < -0.3 is 15.1 Å². The molecule has 1 fully saturated rings. The van der Waals surface area contributed by atoms with Gasteiger partial charge in [-0.2, -0.15) is 0 Å². The number of benzene rings is 2. The average Bonchev–Trinajstić information content (AvgIpc) is 2.97. The van der Waals surface area contributed by atoms with E-state index in [1.54, 1.807) is 0 Å². The number of non-ortho nitro benzene ring substituents is 1. The molecule has 1 aliphatic rings. The number of halogens is 1.